The average Bonchev–Trinajstić information content (AvgIpc) is 3.35. The summed E-state index contributed by atoms with van der Waals surface area (Å²) >= 11 is 0. The highest BCUT2D eigenvalue weighted by atomic mass is 31.2. The van der Waals surface area contributed by atoms with Gasteiger partial charge >= 0.3 is 0 Å². The van der Waals surface area contributed by atoms with Crippen LogP contribution in [0.5, 0.6) is 0 Å². The number of hydrogen-bond acceptors (Lipinski definition) is 3. The molecule has 7 heteroatoms. The number of H-pyrrole nitrogens is 1. The van der Waals surface area contributed by atoms with E-state index in [1.807, 2.05) is 78.9 Å². The van der Waals surface area contributed by atoms with Gasteiger partial charge in [0, 0.05) is 22.8 Å². The van der Waals surface area contributed by atoms with Crippen LogP contribution in [0.15, 0.2) is 96.6 Å². The molecule has 3 aromatic carbocycles. The van der Waals surface area contributed by atoms with E-state index in [-0.39, 0.29) is 0 Å². The van der Waals surface area contributed by atoms with E-state index in [1.54, 1.807) is 11.6 Å². The molecule has 0 saturated carbocycles. The molecule has 2 N–H and O–H groups in total. The van der Waals surface area contributed by atoms with Gasteiger partial charge in [-0.25, -0.2) is 4.98 Å². The van der Waals surface area contributed by atoms with Crippen molar-refractivity contribution in [1.82, 2.24) is 15.1 Å². The van der Waals surface area contributed by atoms with Gasteiger partial charge in [0.2, 0.25) is 0 Å². The van der Waals surface area contributed by atoms with E-state index in [1.165, 1.54) is 0 Å². The molecule has 0 aliphatic carbocycles. The lowest BCUT2D eigenvalue weighted by atomic mass is 10.2. The number of para-hydroxylation sites is 2. The van der Waals surface area contributed by atoms with Crippen LogP contribution in [-0.2, 0) is 15.8 Å². The Kier molecular flexibility index (Phi) is 7.43. The van der Waals surface area contributed by atoms with Gasteiger partial charge in [0.05, 0.1) is 37.2 Å². The van der Waals surface area contributed by atoms with Gasteiger partial charge < -0.3 is 14.2 Å². The number of aromatic amines is 1. The lowest BCUT2D eigenvalue weighted by Crippen LogP contribution is -2.50. The van der Waals surface area contributed by atoms with Gasteiger partial charge in [-0.1, -0.05) is 72.8 Å². The van der Waals surface area contributed by atoms with Gasteiger partial charge in [0.1, 0.15) is 18.1 Å². The van der Waals surface area contributed by atoms with E-state index >= 15 is 0 Å². The molecular formula is C30H34N4O2P+. The summed E-state index contributed by atoms with van der Waals surface area (Å²) in [5.41, 5.74) is 3.86. The SMILES string of the molecule is CC[N+](CC)(CCNP1(=O)C=C(c2ccccc2)OC(c2ccccc2)=C1)Cc1nc2ccccc2[nH]1. The summed E-state index contributed by atoms with van der Waals surface area (Å²) in [7, 11) is -3.00. The maximum absolute atomic E-state index is 14.2. The lowest BCUT2D eigenvalue weighted by Gasteiger charge is -2.36. The number of hydrogen-bond donors (Lipinski definition) is 2. The zero-order chi connectivity index (χ0) is 25.7. The number of aromatic nitrogens is 2. The first kappa shape index (κ1) is 25.2. The number of imidazole rings is 1. The fourth-order valence-electron chi connectivity index (χ4n) is 4.82. The number of likely N-dealkylation sites (N-methyl/N-ethyl adjacent to an activating group) is 1. The first-order valence-corrected chi connectivity index (χ1v) is 14.7. The molecule has 0 unspecified atom stereocenters. The van der Waals surface area contributed by atoms with Gasteiger partial charge in [-0.15, -0.1) is 0 Å². The Morgan fingerprint density at radius 3 is 1.97 bits per heavy atom. The third kappa shape index (κ3) is 5.78. The second-order valence-corrected chi connectivity index (χ2v) is 11.7. The molecule has 0 atom stereocenters. The standard InChI is InChI=1S/C30H34N4O2P/c1-3-34(4-2,21-30-32-26-17-11-12-18-27(26)33-30)20-19-31-37(35)22-28(24-13-7-5-8-14-24)36-29(23-37)25-15-9-6-10-16-25/h5-18,22-23H,3-4,19-21H2,1-2H3,(H,31,35)(H,32,33)/q+1. The van der Waals surface area contributed by atoms with Gasteiger partial charge in [-0.2, -0.15) is 0 Å². The Morgan fingerprint density at radius 2 is 1.41 bits per heavy atom. The molecule has 0 spiro atoms. The first-order valence-electron chi connectivity index (χ1n) is 12.9. The third-order valence-electron chi connectivity index (χ3n) is 7.16. The highest BCUT2D eigenvalue weighted by Crippen LogP contribution is 2.53. The predicted octanol–water partition coefficient (Wildman–Crippen LogP) is 6.81. The molecule has 2 heterocycles. The maximum Gasteiger partial charge on any atom is 0.198 e. The van der Waals surface area contributed by atoms with E-state index in [0.717, 1.165) is 58.6 Å². The maximum atomic E-state index is 14.2. The number of quaternary nitrogens is 1. The summed E-state index contributed by atoms with van der Waals surface area (Å²) in [6.07, 6.45) is 0. The monoisotopic (exact) mass is 513 g/mol. The molecule has 37 heavy (non-hydrogen) atoms. The predicted molar refractivity (Wildman–Crippen MR) is 152 cm³/mol. The van der Waals surface area contributed by atoms with Crippen LogP contribution < -0.4 is 5.09 Å². The molecule has 0 amide bonds. The smallest absolute Gasteiger partial charge is 0.198 e. The molecule has 190 valence electrons. The van der Waals surface area contributed by atoms with Crippen molar-refractivity contribution in [3.05, 3.63) is 114 Å². The van der Waals surface area contributed by atoms with Crippen LogP contribution in [0, 0.1) is 0 Å². The van der Waals surface area contributed by atoms with Crippen LogP contribution in [0.25, 0.3) is 22.6 Å². The Hall–Kier alpha value is -3.44. The van der Waals surface area contributed by atoms with Crippen LogP contribution in [0.4, 0.5) is 0 Å². The summed E-state index contributed by atoms with van der Waals surface area (Å²) in [5.74, 6) is 5.75. The summed E-state index contributed by atoms with van der Waals surface area (Å²) in [6, 6.07) is 27.8. The zero-order valence-electron chi connectivity index (χ0n) is 21.4. The van der Waals surface area contributed by atoms with E-state index in [4.69, 9.17) is 9.72 Å². The van der Waals surface area contributed by atoms with E-state index in [2.05, 4.69) is 30.0 Å². The molecular weight excluding hydrogens is 479 g/mol. The number of nitrogens with zero attached hydrogens (tertiary/aromatic N) is 2. The quantitative estimate of drug-likeness (QED) is 0.180. The Labute approximate surface area is 218 Å². The topological polar surface area (TPSA) is 67.0 Å². The van der Waals surface area contributed by atoms with Gasteiger partial charge in [0.25, 0.3) is 0 Å². The Balaban J connectivity index is 1.36. The van der Waals surface area contributed by atoms with Crippen molar-refractivity contribution in [1.29, 1.82) is 0 Å². The molecule has 0 saturated heterocycles. The zero-order valence-corrected chi connectivity index (χ0v) is 22.3. The van der Waals surface area contributed by atoms with Crippen molar-refractivity contribution in [3.63, 3.8) is 0 Å². The average molecular weight is 514 g/mol. The van der Waals surface area contributed by atoms with Crippen molar-refractivity contribution in [2.45, 2.75) is 20.4 Å². The fraction of sp³-hybridized carbons (Fsp3) is 0.233. The van der Waals surface area contributed by atoms with Crippen LogP contribution in [0.3, 0.4) is 0 Å². The van der Waals surface area contributed by atoms with Crippen molar-refractivity contribution < 1.29 is 13.8 Å². The molecule has 5 rings (SSSR count). The fourth-order valence-corrected chi connectivity index (χ4v) is 6.63. The third-order valence-corrected chi connectivity index (χ3v) is 9.12. The summed E-state index contributed by atoms with van der Waals surface area (Å²) in [6.45, 7) is 8.58. The Bertz CT molecular complexity index is 1360. The minimum Gasteiger partial charge on any atom is -0.456 e. The summed E-state index contributed by atoms with van der Waals surface area (Å²) < 4.78 is 21.3. The highest BCUT2D eigenvalue weighted by molar-refractivity contribution is 7.68. The van der Waals surface area contributed by atoms with Crippen molar-refractivity contribution >= 4 is 29.8 Å². The van der Waals surface area contributed by atoms with Gasteiger partial charge in [0.15, 0.2) is 13.1 Å². The van der Waals surface area contributed by atoms with Crippen LogP contribution in [0.2, 0.25) is 0 Å². The Morgan fingerprint density at radius 1 is 0.838 bits per heavy atom. The second-order valence-electron chi connectivity index (χ2n) is 9.49. The minimum atomic E-state index is -3.00. The normalized spacial score (nSPS) is 15.2. The summed E-state index contributed by atoms with van der Waals surface area (Å²) in [4.78, 5) is 8.29. The van der Waals surface area contributed by atoms with E-state index < -0.39 is 7.29 Å². The minimum absolute atomic E-state index is 0.607. The molecule has 1 aliphatic rings. The number of benzene rings is 3. The number of nitrogens with one attached hydrogen (secondary N) is 2. The van der Waals surface area contributed by atoms with Gasteiger partial charge in [-0.05, 0) is 26.0 Å². The second kappa shape index (κ2) is 10.9. The van der Waals surface area contributed by atoms with Crippen LogP contribution >= 0.6 is 7.29 Å². The molecule has 0 fully saturated rings. The highest BCUT2D eigenvalue weighted by Gasteiger charge is 2.30. The molecule has 1 aliphatic heterocycles. The molecule has 4 aromatic rings. The van der Waals surface area contributed by atoms with Gasteiger partial charge in [-0.3, -0.25) is 9.65 Å². The van der Waals surface area contributed by atoms with Crippen molar-refractivity contribution in [2.75, 3.05) is 26.2 Å². The summed E-state index contributed by atoms with van der Waals surface area (Å²) in [5, 5.41) is 3.41. The first-order chi connectivity index (χ1) is 18.0. The van der Waals surface area contributed by atoms with Crippen LogP contribution in [-0.4, -0.2) is 40.6 Å². The van der Waals surface area contributed by atoms with Crippen molar-refractivity contribution in [3.8, 4) is 0 Å². The van der Waals surface area contributed by atoms with Crippen LogP contribution in [0.1, 0.15) is 30.8 Å². The molecule has 1 aromatic heterocycles. The molecule has 6 nitrogen and oxygen atoms in total. The van der Waals surface area contributed by atoms with E-state index in [9.17, 15) is 4.57 Å². The number of rotatable bonds is 10. The number of ether oxygens (including phenoxy) is 1. The molecule has 0 radical (unpaired) electrons. The molecule has 0 bridgehead atoms. The number of fused-ring (bicyclic) bond motifs is 1. The largest absolute Gasteiger partial charge is 0.456 e. The van der Waals surface area contributed by atoms with E-state index in [0.29, 0.717) is 18.1 Å². The van der Waals surface area contributed by atoms with Crippen molar-refractivity contribution in [2.24, 2.45) is 0 Å². The lowest BCUT2D eigenvalue weighted by molar-refractivity contribution is -0.937.